The van der Waals surface area contributed by atoms with Gasteiger partial charge in [-0.15, -0.1) is 0 Å². The number of anilines is 1. The summed E-state index contributed by atoms with van der Waals surface area (Å²) in [5.41, 5.74) is 0.445. The Hall–Kier alpha value is -2.97. The lowest BCUT2D eigenvalue weighted by atomic mass is 9.73. The van der Waals surface area contributed by atoms with Gasteiger partial charge in [-0.25, -0.2) is 0 Å². The van der Waals surface area contributed by atoms with Crippen LogP contribution in [0.1, 0.15) is 50.2 Å². The summed E-state index contributed by atoms with van der Waals surface area (Å²) in [4.78, 5) is 45.7. The molecule has 2 fully saturated rings. The predicted molar refractivity (Wildman–Crippen MR) is 142 cm³/mol. The van der Waals surface area contributed by atoms with Gasteiger partial charge in [0.25, 0.3) is 5.91 Å². The van der Waals surface area contributed by atoms with Crippen molar-refractivity contribution in [3.63, 3.8) is 0 Å². The van der Waals surface area contributed by atoms with Crippen molar-refractivity contribution in [2.45, 2.75) is 70.1 Å². The maximum Gasteiger partial charge on any atom is 0.313 e. The summed E-state index contributed by atoms with van der Waals surface area (Å²) in [7, 11) is 0. The number of rotatable bonds is 6. The number of aliphatic hydroxyl groups excluding tert-OH is 1. The van der Waals surface area contributed by atoms with Crippen LogP contribution in [0.2, 0.25) is 0 Å². The van der Waals surface area contributed by atoms with Crippen LogP contribution in [0.15, 0.2) is 42.5 Å². The van der Waals surface area contributed by atoms with Gasteiger partial charge in [0.2, 0.25) is 5.91 Å². The van der Waals surface area contributed by atoms with Crippen molar-refractivity contribution in [3.05, 3.63) is 53.6 Å². The van der Waals surface area contributed by atoms with Crippen molar-refractivity contribution in [2.75, 3.05) is 31.2 Å². The molecule has 2 amide bonds. The number of esters is 1. The molecule has 1 aromatic carbocycles. The molecule has 5 atom stereocenters. The highest BCUT2D eigenvalue weighted by Crippen LogP contribution is 2.58. The number of amides is 2. The number of cyclic esters (lactones) is 1. The molecule has 0 bridgehead atoms. The molecule has 0 aliphatic carbocycles. The molecule has 1 aromatic rings. The maximum absolute atomic E-state index is 14.5. The minimum absolute atomic E-state index is 0.00107. The number of benzene rings is 1. The average Bonchev–Trinajstić information content (AvgIpc) is 3.27. The van der Waals surface area contributed by atoms with Crippen molar-refractivity contribution < 1.29 is 29.0 Å². The van der Waals surface area contributed by atoms with Crippen LogP contribution < -0.4 is 4.90 Å². The number of aryl methyl sites for hydroxylation is 2. The Bertz CT molecular complexity index is 1180. The fourth-order valence-electron chi connectivity index (χ4n) is 6.73. The fourth-order valence-corrected chi connectivity index (χ4v) is 6.73. The van der Waals surface area contributed by atoms with Gasteiger partial charge in [0, 0.05) is 25.4 Å². The number of allylic oxidation sites excluding steroid dienone is 1. The summed E-state index contributed by atoms with van der Waals surface area (Å²) < 4.78 is 12.6. The number of carbonyl (C=O) groups is 3. The van der Waals surface area contributed by atoms with Crippen LogP contribution in [-0.2, 0) is 23.9 Å². The second-order valence-electron chi connectivity index (χ2n) is 10.9. The molecule has 1 unspecified atom stereocenters. The number of likely N-dealkylation sites (tertiary alicyclic amines) is 1. The van der Waals surface area contributed by atoms with Crippen LogP contribution in [0, 0.1) is 25.7 Å². The lowest BCUT2D eigenvalue weighted by molar-refractivity contribution is -0.159. The van der Waals surface area contributed by atoms with Crippen molar-refractivity contribution >= 4 is 23.5 Å². The van der Waals surface area contributed by atoms with E-state index in [0.717, 1.165) is 23.2 Å². The molecular weight excluding hydrogens is 484 g/mol. The fraction of sp³-hybridized carbons (Fsp3) is 0.567. The molecule has 38 heavy (non-hydrogen) atoms. The first-order valence-electron chi connectivity index (χ1n) is 13.8. The zero-order chi connectivity index (χ0) is 27.1. The standard InChI is InChI=1S/C30H38N2O6/c1-4-29-13-6-5-9-18-37-28(36)24(29)23-26(34)32(15-7-8-17-33)25-27(35)31(16-10-14-30(23,25)38-29)22-19-20(2)11-12-21(22)3/h6,10-14,19,23-25,33H,4-5,7-9,15-18H2,1-3H3/b13-6-/t23-,24+,25?,29-,30-/m0/s1. The van der Waals surface area contributed by atoms with Crippen molar-refractivity contribution in [2.24, 2.45) is 11.8 Å². The summed E-state index contributed by atoms with van der Waals surface area (Å²) in [5, 5.41) is 9.40. The van der Waals surface area contributed by atoms with E-state index in [4.69, 9.17) is 9.47 Å². The van der Waals surface area contributed by atoms with E-state index < -0.39 is 35.0 Å². The number of hydrogen-bond donors (Lipinski definition) is 1. The Morgan fingerprint density at radius 3 is 2.63 bits per heavy atom. The van der Waals surface area contributed by atoms with E-state index in [1.807, 2.05) is 63.3 Å². The van der Waals surface area contributed by atoms with Gasteiger partial charge in [-0.2, -0.15) is 0 Å². The number of ether oxygens (including phenoxy) is 2. The first-order chi connectivity index (χ1) is 18.3. The van der Waals surface area contributed by atoms with Crippen molar-refractivity contribution in [1.29, 1.82) is 0 Å². The van der Waals surface area contributed by atoms with Crippen LogP contribution in [-0.4, -0.2) is 71.3 Å². The molecule has 0 saturated carbocycles. The molecule has 1 N–H and O–H groups in total. The predicted octanol–water partition coefficient (Wildman–Crippen LogP) is 3.23. The maximum atomic E-state index is 14.5. The van der Waals surface area contributed by atoms with Crippen LogP contribution in [0.5, 0.6) is 0 Å². The number of aliphatic hydroxyl groups is 1. The van der Waals surface area contributed by atoms with Crippen LogP contribution in [0.25, 0.3) is 0 Å². The second kappa shape index (κ2) is 10.3. The smallest absolute Gasteiger partial charge is 0.313 e. The molecule has 0 aromatic heterocycles. The lowest BCUT2D eigenvalue weighted by Crippen LogP contribution is -2.56. The van der Waals surface area contributed by atoms with Crippen LogP contribution >= 0.6 is 0 Å². The molecule has 8 nitrogen and oxygen atoms in total. The molecule has 1 spiro atoms. The van der Waals surface area contributed by atoms with Crippen LogP contribution in [0.4, 0.5) is 5.69 Å². The highest BCUT2D eigenvalue weighted by atomic mass is 16.6. The molecule has 2 saturated heterocycles. The summed E-state index contributed by atoms with van der Waals surface area (Å²) in [6, 6.07) is 5.06. The van der Waals surface area contributed by atoms with E-state index in [0.29, 0.717) is 38.8 Å². The third kappa shape index (κ3) is 4.09. The monoisotopic (exact) mass is 522 g/mol. The number of fused-ring (bicyclic) bond motifs is 2. The SMILES string of the molecule is CC[C@]12/C=C\CCCOC(=O)[C@H]1[C@H]1C(=O)N(CCCCO)C3C(=O)N(c4cc(C)ccc4C)CC=C[C@@]31O2. The molecule has 0 radical (unpaired) electrons. The van der Waals surface area contributed by atoms with Crippen LogP contribution in [0.3, 0.4) is 0 Å². The molecule has 204 valence electrons. The Labute approximate surface area is 224 Å². The summed E-state index contributed by atoms with van der Waals surface area (Å²) in [6.07, 6.45) is 10.7. The first-order valence-corrected chi connectivity index (χ1v) is 13.8. The van der Waals surface area contributed by atoms with E-state index >= 15 is 0 Å². The first kappa shape index (κ1) is 26.6. The number of hydrogen-bond acceptors (Lipinski definition) is 6. The van der Waals surface area contributed by atoms with E-state index in [1.54, 1.807) is 9.80 Å². The van der Waals surface area contributed by atoms with Gasteiger partial charge in [0.1, 0.15) is 23.2 Å². The number of nitrogens with zero attached hydrogens (tertiary/aromatic N) is 2. The summed E-state index contributed by atoms with van der Waals surface area (Å²) in [6.45, 7) is 6.82. The third-order valence-electron chi connectivity index (χ3n) is 8.60. The number of unbranched alkanes of at least 4 members (excludes halogenated alkanes) is 1. The Balaban J connectivity index is 1.66. The zero-order valence-electron chi connectivity index (χ0n) is 22.5. The van der Waals surface area contributed by atoms with Gasteiger partial charge < -0.3 is 24.4 Å². The van der Waals surface area contributed by atoms with Gasteiger partial charge in [-0.3, -0.25) is 14.4 Å². The molecule has 4 aliphatic rings. The largest absolute Gasteiger partial charge is 0.465 e. The molecule has 4 heterocycles. The normalized spacial score (nSPS) is 33.6. The van der Waals surface area contributed by atoms with Crippen molar-refractivity contribution in [3.8, 4) is 0 Å². The molecule has 5 rings (SSSR count). The minimum atomic E-state index is -1.30. The lowest BCUT2D eigenvalue weighted by Gasteiger charge is -2.38. The van der Waals surface area contributed by atoms with Gasteiger partial charge >= 0.3 is 5.97 Å². The third-order valence-corrected chi connectivity index (χ3v) is 8.60. The highest BCUT2D eigenvalue weighted by molar-refractivity contribution is 6.06. The summed E-state index contributed by atoms with van der Waals surface area (Å²) in [5.74, 6) is -2.67. The average molecular weight is 523 g/mol. The van der Waals surface area contributed by atoms with Crippen molar-refractivity contribution in [1.82, 2.24) is 4.90 Å². The molecule has 8 heteroatoms. The van der Waals surface area contributed by atoms with E-state index in [2.05, 4.69) is 0 Å². The molecule has 4 aliphatic heterocycles. The minimum Gasteiger partial charge on any atom is -0.465 e. The van der Waals surface area contributed by atoms with Gasteiger partial charge in [0.15, 0.2) is 0 Å². The number of carbonyl (C=O) groups excluding carboxylic acids is 3. The van der Waals surface area contributed by atoms with Gasteiger partial charge in [-0.1, -0.05) is 43.4 Å². The Kier molecular flexibility index (Phi) is 7.22. The van der Waals surface area contributed by atoms with E-state index in [9.17, 15) is 19.5 Å². The van der Waals surface area contributed by atoms with E-state index in [1.165, 1.54) is 0 Å². The van der Waals surface area contributed by atoms with Gasteiger partial charge in [-0.05, 0) is 63.1 Å². The quantitative estimate of drug-likeness (QED) is 0.350. The van der Waals surface area contributed by atoms with Gasteiger partial charge in [0.05, 0.1) is 12.5 Å². The summed E-state index contributed by atoms with van der Waals surface area (Å²) >= 11 is 0. The topological polar surface area (TPSA) is 96.4 Å². The highest BCUT2D eigenvalue weighted by Gasteiger charge is 2.75. The molecular formula is C30H38N2O6. The Morgan fingerprint density at radius 2 is 1.87 bits per heavy atom. The zero-order valence-corrected chi connectivity index (χ0v) is 22.5. The Morgan fingerprint density at radius 1 is 1.05 bits per heavy atom. The van der Waals surface area contributed by atoms with E-state index in [-0.39, 0.29) is 25.0 Å². The second-order valence-corrected chi connectivity index (χ2v) is 10.9.